The molecular weight excluding hydrogens is 350 g/mol. The number of esters is 1. The maximum atomic E-state index is 11.9. The average Bonchev–Trinajstić information content (AvgIpc) is 2.86. The summed E-state index contributed by atoms with van der Waals surface area (Å²) in [7, 11) is -2.95. The predicted octanol–water partition coefficient (Wildman–Crippen LogP) is 1.71. The highest BCUT2D eigenvalue weighted by Crippen LogP contribution is 2.24. The fraction of sp³-hybridized carbons (Fsp3) is 0.500. The Morgan fingerprint density at radius 3 is 2.54 bits per heavy atom. The maximum absolute atomic E-state index is 11.9. The standard InChI is InChI=1S/C16H21NO5S2/c1-11-4-3-5-12(2)16(11)17-14(18)8-22-15(19)9-23-13-6-7-24(20,21)10-13/h3-5,13H,6-10H2,1-2H3,(H,17,18)/t13-/m0/s1. The molecule has 0 unspecified atom stereocenters. The molecule has 8 heteroatoms. The summed E-state index contributed by atoms with van der Waals surface area (Å²) in [6, 6.07) is 5.68. The first-order valence-electron chi connectivity index (χ1n) is 7.60. The summed E-state index contributed by atoms with van der Waals surface area (Å²) >= 11 is 1.27. The lowest BCUT2D eigenvalue weighted by Gasteiger charge is -2.12. The van der Waals surface area contributed by atoms with Gasteiger partial charge in [0.2, 0.25) is 0 Å². The van der Waals surface area contributed by atoms with Crippen LogP contribution in [-0.4, -0.2) is 49.4 Å². The lowest BCUT2D eigenvalue weighted by Crippen LogP contribution is -2.23. The molecule has 1 aliphatic rings. The van der Waals surface area contributed by atoms with Crippen LogP contribution in [-0.2, 0) is 24.2 Å². The van der Waals surface area contributed by atoms with Gasteiger partial charge in [0.1, 0.15) is 0 Å². The first kappa shape index (κ1) is 18.8. The molecule has 1 saturated heterocycles. The third-order valence-electron chi connectivity index (χ3n) is 3.74. The number of rotatable bonds is 6. The van der Waals surface area contributed by atoms with E-state index in [-0.39, 0.29) is 29.1 Å². The van der Waals surface area contributed by atoms with Crippen molar-refractivity contribution in [2.24, 2.45) is 0 Å². The summed E-state index contributed by atoms with van der Waals surface area (Å²) in [5.41, 5.74) is 2.60. The zero-order chi connectivity index (χ0) is 17.7. The van der Waals surface area contributed by atoms with Gasteiger partial charge in [-0.05, 0) is 31.4 Å². The number of ether oxygens (including phenoxy) is 1. The smallest absolute Gasteiger partial charge is 0.316 e. The number of hydrogen-bond acceptors (Lipinski definition) is 6. The van der Waals surface area contributed by atoms with Crippen molar-refractivity contribution in [3.63, 3.8) is 0 Å². The van der Waals surface area contributed by atoms with E-state index < -0.39 is 21.7 Å². The molecule has 1 aromatic carbocycles. The highest BCUT2D eigenvalue weighted by atomic mass is 32.2. The number of amides is 1. The molecule has 24 heavy (non-hydrogen) atoms. The van der Waals surface area contributed by atoms with E-state index in [1.807, 2.05) is 32.0 Å². The lowest BCUT2D eigenvalue weighted by atomic mass is 10.1. The summed E-state index contributed by atoms with van der Waals surface area (Å²) in [6.07, 6.45) is 0.563. The topological polar surface area (TPSA) is 89.5 Å². The maximum Gasteiger partial charge on any atom is 0.316 e. The van der Waals surface area contributed by atoms with Crippen LogP contribution in [0.1, 0.15) is 17.5 Å². The molecule has 0 saturated carbocycles. The Morgan fingerprint density at radius 2 is 1.96 bits per heavy atom. The van der Waals surface area contributed by atoms with Crippen LogP contribution in [0.15, 0.2) is 18.2 Å². The molecule has 0 aliphatic carbocycles. The molecule has 1 N–H and O–H groups in total. The zero-order valence-electron chi connectivity index (χ0n) is 13.7. The lowest BCUT2D eigenvalue weighted by molar-refractivity contribution is -0.144. The second-order valence-electron chi connectivity index (χ2n) is 5.81. The Bertz CT molecular complexity index is 710. The first-order chi connectivity index (χ1) is 11.3. The molecule has 6 nitrogen and oxygen atoms in total. The number of thioether (sulfide) groups is 1. The van der Waals surface area contributed by atoms with Crippen molar-refractivity contribution in [3.05, 3.63) is 29.3 Å². The molecule has 1 atom stereocenters. The van der Waals surface area contributed by atoms with Crippen LogP contribution >= 0.6 is 11.8 Å². The fourth-order valence-electron chi connectivity index (χ4n) is 2.45. The van der Waals surface area contributed by atoms with Crippen molar-refractivity contribution in [3.8, 4) is 0 Å². The number of carbonyl (C=O) groups excluding carboxylic acids is 2. The Balaban J connectivity index is 1.73. The Hall–Kier alpha value is -1.54. The van der Waals surface area contributed by atoms with E-state index in [2.05, 4.69) is 5.32 Å². The van der Waals surface area contributed by atoms with Gasteiger partial charge in [-0.1, -0.05) is 18.2 Å². The highest BCUT2D eigenvalue weighted by Gasteiger charge is 2.28. The van der Waals surface area contributed by atoms with Gasteiger partial charge in [0.15, 0.2) is 16.4 Å². The van der Waals surface area contributed by atoms with E-state index in [0.717, 1.165) is 16.8 Å². The first-order valence-corrected chi connectivity index (χ1v) is 10.5. The van der Waals surface area contributed by atoms with Gasteiger partial charge in [-0.15, -0.1) is 11.8 Å². The largest absolute Gasteiger partial charge is 0.455 e. The molecule has 1 heterocycles. The number of anilines is 1. The van der Waals surface area contributed by atoms with Crippen molar-refractivity contribution < 1.29 is 22.7 Å². The van der Waals surface area contributed by atoms with Crippen molar-refractivity contribution in [1.82, 2.24) is 0 Å². The number of carbonyl (C=O) groups is 2. The zero-order valence-corrected chi connectivity index (χ0v) is 15.3. The minimum absolute atomic E-state index is 0.0524. The minimum Gasteiger partial charge on any atom is -0.455 e. The van der Waals surface area contributed by atoms with E-state index in [1.54, 1.807) is 0 Å². The van der Waals surface area contributed by atoms with Gasteiger partial charge in [-0.3, -0.25) is 9.59 Å². The monoisotopic (exact) mass is 371 g/mol. The third kappa shape index (κ3) is 5.52. The van der Waals surface area contributed by atoms with Gasteiger partial charge in [-0.25, -0.2) is 8.42 Å². The minimum atomic E-state index is -2.95. The number of sulfone groups is 1. The number of benzene rings is 1. The van der Waals surface area contributed by atoms with E-state index in [9.17, 15) is 18.0 Å². The van der Waals surface area contributed by atoms with Gasteiger partial charge in [0, 0.05) is 10.9 Å². The Kier molecular flexibility index (Phi) is 6.28. The van der Waals surface area contributed by atoms with E-state index in [4.69, 9.17) is 4.74 Å². The van der Waals surface area contributed by atoms with Crippen LogP contribution in [0.2, 0.25) is 0 Å². The SMILES string of the molecule is Cc1cccc(C)c1NC(=O)COC(=O)CS[C@H]1CCS(=O)(=O)C1. The molecule has 0 bridgehead atoms. The average molecular weight is 371 g/mol. The van der Waals surface area contributed by atoms with Crippen molar-refractivity contribution in [1.29, 1.82) is 0 Å². The van der Waals surface area contributed by atoms with E-state index in [1.165, 1.54) is 11.8 Å². The summed E-state index contributed by atoms with van der Waals surface area (Å²) in [6.45, 7) is 3.43. The second-order valence-corrected chi connectivity index (χ2v) is 9.33. The van der Waals surface area contributed by atoms with Gasteiger partial charge < -0.3 is 10.1 Å². The van der Waals surface area contributed by atoms with Crippen LogP contribution in [0.5, 0.6) is 0 Å². The van der Waals surface area contributed by atoms with E-state index >= 15 is 0 Å². The second kappa shape index (κ2) is 8.02. The molecule has 1 fully saturated rings. The van der Waals surface area contributed by atoms with Crippen LogP contribution < -0.4 is 5.32 Å². The van der Waals surface area contributed by atoms with Crippen molar-refractivity contribution >= 4 is 39.2 Å². The molecule has 0 radical (unpaired) electrons. The van der Waals surface area contributed by atoms with Crippen LogP contribution in [0.25, 0.3) is 0 Å². The van der Waals surface area contributed by atoms with Crippen molar-refractivity contribution in [2.75, 3.05) is 29.2 Å². The molecule has 1 amide bonds. The van der Waals surface area contributed by atoms with Gasteiger partial charge in [0.05, 0.1) is 17.3 Å². The van der Waals surface area contributed by atoms with Gasteiger partial charge in [-0.2, -0.15) is 0 Å². The van der Waals surface area contributed by atoms with Crippen LogP contribution in [0.3, 0.4) is 0 Å². The van der Waals surface area contributed by atoms with Gasteiger partial charge in [0.25, 0.3) is 5.91 Å². The molecule has 2 rings (SSSR count). The van der Waals surface area contributed by atoms with Crippen molar-refractivity contribution in [2.45, 2.75) is 25.5 Å². The molecular formula is C16H21NO5S2. The summed E-state index contributed by atoms with van der Waals surface area (Å²) in [4.78, 5) is 23.6. The molecule has 1 aromatic rings. The summed E-state index contributed by atoms with van der Waals surface area (Å²) < 4.78 is 27.6. The molecule has 0 aromatic heterocycles. The fourth-order valence-corrected chi connectivity index (χ4v) is 5.89. The predicted molar refractivity (Wildman–Crippen MR) is 95.0 cm³/mol. The summed E-state index contributed by atoms with van der Waals surface area (Å²) in [5.74, 6) is -0.567. The number of nitrogens with one attached hydrogen (secondary N) is 1. The highest BCUT2D eigenvalue weighted by molar-refractivity contribution is 8.02. The van der Waals surface area contributed by atoms with E-state index in [0.29, 0.717) is 6.42 Å². The molecule has 1 aliphatic heterocycles. The number of para-hydroxylation sites is 1. The number of aryl methyl sites for hydroxylation is 2. The third-order valence-corrected chi connectivity index (χ3v) is 6.99. The number of hydrogen-bond donors (Lipinski definition) is 1. The normalized spacial score (nSPS) is 19.0. The molecule has 132 valence electrons. The quantitative estimate of drug-likeness (QED) is 0.766. The summed E-state index contributed by atoms with van der Waals surface area (Å²) in [5, 5.41) is 2.68. The Morgan fingerprint density at radius 1 is 1.29 bits per heavy atom. The van der Waals surface area contributed by atoms with Crippen LogP contribution in [0, 0.1) is 13.8 Å². The Labute approximate surface area is 146 Å². The molecule has 0 spiro atoms. The van der Waals surface area contributed by atoms with Gasteiger partial charge >= 0.3 is 5.97 Å². The van der Waals surface area contributed by atoms with Crippen LogP contribution in [0.4, 0.5) is 5.69 Å².